The number of carboxylic acids is 2. The van der Waals surface area contributed by atoms with Gasteiger partial charge in [0.2, 0.25) is 0 Å². The molecule has 0 fully saturated rings. The van der Waals surface area contributed by atoms with E-state index in [1.807, 2.05) is 41.5 Å². The molecule has 0 aliphatic heterocycles. The number of aliphatic carboxylic acids is 2. The third kappa shape index (κ3) is 7.03. The number of aryl methyl sites for hydroxylation is 4. The molecule has 10 nitrogen and oxygen atoms in total. The molecule has 0 aliphatic carbocycles. The van der Waals surface area contributed by atoms with Crippen molar-refractivity contribution in [2.24, 2.45) is 11.5 Å². The van der Waals surface area contributed by atoms with E-state index in [9.17, 15) is 0 Å². The first kappa shape index (κ1) is 23.3. The standard InChI is InChI=1S/2C7H13N3.C2H2O4/c2*1-4(8)7-5(2)9-10-6(7)3;3-1(4)2(5)6/h2*4H,8H2,1-3H3,(H,9,10);(H,3,4)(H,5,6). The predicted octanol–water partition coefficient (Wildman–Crippen LogP) is 1.25. The van der Waals surface area contributed by atoms with E-state index in [1.54, 1.807) is 0 Å². The van der Waals surface area contributed by atoms with Crippen LogP contribution in [-0.2, 0) is 9.59 Å². The Bertz CT molecular complexity index is 632. The summed E-state index contributed by atoms with van der Waals surface area (Å²) in [6.07, 6.45) is 0. The molecular weight excluding hydrogens is 340 g/mol. The van der Waals surface area contributed by atoms with E-state index in [1.165, 1.54) is 0 Å². The van der Waals surface area contributed by atoms with Crippen LogP contribution in [0, 0.1) is 27.7 Å². The van der Waals surface area contributed by atoms with Gasteiger partial charge in [0, 0.05) is 34.6 Å². The van der Waals surface area contributed by atoms with Gasteiger partial charge in [0.25, 0.3) is 0 Å². The maximum absolute atomic E-state index is 9.10. The lowest BCUT2D eigenvalue weighted by Gasteiger charge is -2.03. The second-order valence-corrected chi connectivity index (χ2v) is 5.88. The van der Waals surface area contributed by atoms with Crippen LogP contribution < -0.4 is 11.5 Å². The first-order chi connectivity index (χ1) is 11.9. The van der Waals surface area contributed by atoms with Crippen LogP contribution in [0.15, 0.2) is 0 Å². The van der Waals surface area contributed by atoms with Crippen LogP contribution in [-0.4, -0.2) is 42.5 Å². The molecule has 2 unspecified atom stereocenters. The number of carboxylic acid groups (broad SMARTS) is 2. The van der Waals surface area contributed by atoms with Crippen molar-refractivity contribution in [1.82, 2.24) is 20.4 Å². The fourth-order valence-corrected chi connectivity index (χ4v) is 2.46. The van der Waals surface area contributed by atoms with Gasteiger partial charge in [-0.2, -0.15) is 10.2 Å². The van der Waals surface area contributed by atoms with E-state index in [-0.39, 0.29) is 12.1 Å². The predicted molar refractivity (Wildman–Crippen MR) is 96.6 cm³/mol. The third-order valence-corrected chi connectivity index (χ3v) is 3.46. The minimum Gasteiger partial charge on any atom is -0.473 e. The van der Waals surface area contributed by atoms with Crippen LogP contribution in [0.3, 0.4) is 0 Å². The summed E-state index contributed by atoms with van der Waals surface area (Å²) in [7, 11) is 0. The van der Waals surface area contributed by atoms with Gasteiger partial charge in [0.05, 0.1) is 11.4 Å². The molecular formula is C16H28N6O4. The number of hydrogen-bond donors (Lipinski definition) is 6. The molecule has 10 heteroatoms. The highest BCUT2D eigenvalue weighted by atomic mass is 16.4. The van der Waals surface area contributed by atoms with Crippen LogP contribution in [0.4, 0.5) is 0 Å². The molecule has 0 amide bonds. The molecule has 26 heavy (non-hydrogen) atoms. The highest BCUT2D eigenvalue weighted by Crippen LogP contribution is 2.16. The zero-order chi connectivity index (χ0) is 20.6. The quantitative estimate of drug-likeness (QED) is 0.427. The summed E-state index contributed by atoms with van der Waals surface area (Å²) in [5.74, 6) is -3.65. The van der Waals surface area contributed by atoms with Gasteiger partial charge >= 0.3 is 11.9 Å². The molecule has 0 saturated heterocycles. The number of H-pyrrole nitrogens is 2. The minimum absolute atomic E-state index is 0.0822. The van der Waals surface area contributed by atoms with Gasteiger partial charge in [-0.15, -0.1) is 0 Å². The molecule has 0 aliphatic rings. The van der Waals surface area contributed by atoms with Gasteiger partial charge in [-0.1, -0.05) is 0 Å². The van der Waals surface area contributed by atoms with E-state index in [2.05, 4.69) is 20.4 Å². The van der Waals surface area contributed by atoms with Crippen LogP contribution in [0.5, 0.6) is 0 Å². The lowest BCUT2D eigenvalue weighted by atomic mass is 10.1. The Morgan fingerprint density at radius 2 is 1.08 bits per heavy atom. The SMILES string of the molecule is Cc1n[nH]c(C)c1C(C)N.Cc1n[nH]c(C)c1C(C)N.O=C(O)C(=O)O. The Hall–Kier alpha value is -2.72. The summed E-state index contributed by atoms with van der Waals surface area (Å²) in [6, 6.07) is 0.164. The van der Waals surface area contributed by atoms with Crippen molar-refractivity contribution < 1.29 is 19.8 Å². The van der Waals surface area contributed by atoms with Crippen molar-refractivity contribution >= 4 is 11.9 Å². The number of hydrogen-bond acceptors (Lipinski definition) is 6. The molecule has 0 aromatic carbocycles. The largest absolute Gasteiger partial charge is 0.473 e. The first-order valence-electron chi connectivity index (χ1n) is 7.90. The monoisotopic (exact) mass is 368 g/mol. The van der Waals surface area contributed by atoms with Crippen LogP contribution in [0.2, 0.25) is 0 Å². The highest BCUT2D eigenvalue weighted by molar-refractivity contribution is 6.27. The number of carbonyl (C=O) groups is 2. The number of aromatic nitrogens is 4. The molecule has 2 aromatic rings. The van der Waals surface area contributed by atoms with Crippen molar-refractivity contribution in [3.05, 3.63) is 33.9 Å². The summed E-state index contributed by atoms with van der Waals surface area (Å²) in [5, 5.41) is 28.6. The molecule has 0 saturated carbocycles. The van der Waals surface area contributed by atoms with Crippen LogP contribution in [0.25, 0.3) is 0 Å². The van der Waals surface area contributed by atoms with Crippen molar-refractivity contribution in [3.63, 3.8) is 0 Å². The fourth-order valence-electron chi connectivity index (χ4n) is 2.46. The zero-order valence-electron chi connectivity index (χ0n) is 15.9. The number of rotatable bonds is 2. The van der Waals surface area contributed by atoms with Crippen LogP contribution >= 0.6 is 0 Å². The summed E-state index contributed by atoms with van der Waals surface area (Å²) in [5.41, 5.74) is 17.8. The molecule has 0 radical (unpaired) electrons. The normalized spacial score (nSPS) is 12.2. The number of nitrogens with two attached hydrogens (primary N) is 2. The smallest absolute Gasteiger partial charge is 0.414 e. The Balaban J connectivity index is 0.000000375. The van der Waals surface area contributed by atoms with Crippen molar-refractivity contribution in [3.8, 4) is 0 Å². The minimum atomic E-state index is -1.82. The summed E-state index contributed by atoms with van der Waals surface area (Å²) < 4.78 is 0. The van der Waals surface area contributed by atoms with Gasteiger partial charge in [0.15, 0.2) is 0 Å². The van der Waals surface area contributed by atoms with Crippen molar-refractivity contribution in [2.45, 2.75) is 53.6 Å². The molecule has 0 spiro atoms. The Kier molecular flexibility index (Phi) is 9.23. The van der Waals surface area contributed by atoms with Gasteiger partial charge in [0.1, 0.15) is 0 Å². The lowest BCUT2D eigenvalue weighted by Crippen LogP contribution is -2.09. The molecule has 2 heterocycles. The maximum Gasteiger partial charge on any atom is 0.414 e. The zero-order valence-corrected chi connectivity index (χ0v) is 15.9. The molecule has 2 aromatic heterocycles. The average Bonchev–Trinajstić information content (AvgIpc) is 3.02. The van der Waals surface area contributed by atoms with Gasteiger partial charge in [-0.3, -0.25) is 10.2 Å². The Morgan fingerprint density at radius 1 is 0.808 bits per heavy atom. The van der Waals surface area contributed by atoms with E-state index in [4.69, 9.17) is 31.3 Å². The molecule has 2 rings (SSSR count). The summed E-state index contributed by atoms with van der Waals surface area (Å²) >= 11 is 0. The second kappa shape index (κ2) is 10.3. The lowest BCUT2D eigenvalue weighted by molar-refractivity contribution is -0.159. The molecule has 0 bridgehead atoms. The van der Waals surface area contributed by atoms with E-state index >= 15 is 0 Å². The topological polar surface area (TPSA) is 184 Å². The van der Waals surface area contributed by atoms with Crippen molar-refractivity contribution in [1.29, 1.82) is 0 Å². The van der Waals surface area contributed by atoms with Crippen molar-refractivity contribution in [2.75, 3.05) is 0 Å². The van der Waals surface area contributed by atoms with Crippen LogP contribution in [0.1, 0.15) is 59.8 Å². The first-order valence-corrected chi connectivity index (χ1v) is 7.90. The number of nitrogens with zero attached hydrogens (tertiary/aromatic N) is 2. The van der Waals surface area contributed by atoms with E-state index in [0.717, 1.165) is 33.9 Å². The van der Waals surface area contributed by atoms with Gasteiger partial charge in [-0.05, 0) is 41.5 Å². The molecule has 8 N–H and O–H groups in total. The maximum atomic E-state index is 9.10. The van der Waals surface area contributed by atoms with Gasteiger partial charge < -0.3 is 21.7 Å². The Labute approximate surface area is 152 Å². The fraction of sp³-hybridized carbons (Fsp3) is 0.500. The average molecular weight is 368 g/mol. The Morgan fingerprint density at radius 3 is 1.15 bits per heavy atom. The highest BCUT2D eigenvalue weighted by Gasteiger charge is 2.09. The number of aromatic amines is 2. The van der Waals surface area contributed by atoms with E-state index < -0.39 is 11.9 Å². The van der Waals surface area contributed by atoms with Gasteiger partial charge in [-0.25, -0.2) is 9.59 Å². The molecule has 146 valence electrons. The molecule has 2 atom stereocenters. The summed E-state index contributed by atoms with van der Waals surface area (Å²) in [4.78, 5) is 18.2. The second-order valence-electron chi connectivity index (χ2n) is 5.88. The third-order valence-electron chi connectivity index (χ3n) is 3.46. The number of nitrogens with one attached hydrogen (secondary N) is 2. The van der Waals surface area contributed by atoms with E-state index in [0.29, 0.717) is 0 Å². The summed E-state index contributed by atoms with van der Waals surface area (Å²) in [6.45, 7) is 11.8.